The third-order valence-corrected chi connectivity index (χ3v) is 5.50. The van der Waals surface area contributed by atoms with Crippen LogP contribution in [0.5, 0.6) is 0 Å². The second-order valence-electron chi connectivity index (χ2n) is 6.65. The van der Waals surface area contributed by atoms with Crippen LogP contribution in [0.15, 0.2) is 53.8 Å². The monoisotopic (exact) mass is 450 g/mol. The molecule has 2 heterocycles. The van der Waals surface area contributed by atoms with E-state index in [0.717, 1.165) is 16.2 Å². The van der Waals surface area contributed by atoms with E-state index < -0.39 is 11.5 Å². The number of hydrogen-bond acceptors (Lipinski definition) is 5. The van der Waals surface area contributed by atoms with Crippen molar-refractivity contribution in [1.82, 2.24) is 14.5 Å². The fraction of sp³-hybridized carbons (Fsp3) is 0.250. The Morgan fingerprint density at radius 1 is 1.21 bits per heavy atom. The molecule has 1 atom stereocenters. The topological polar surface area (TPSA) is 83.0 Å². The van der Waals surface area contributed by atoms with Crippen molar-refractivity contribution in [1.29, 1.82) is 0 Å². The first-order chi connectivity index (χ1) is 13.8. The van der Waals surface area contributed by atoms with Gasteiger partial charge in [0.25, 0.3) is 0 Å². The summed E-state index contributed by atoms with van der Waals surface area (Å²) >= 11 is 13.5. The number of amides is 1. The molecule has 0 fully saturated rings. The third kappa shape index (κ3) is 5.88. The predicted octanol–water partition coefficient (Wildman–Crippen LogP) is 5.64. The molecule has 3 rings (SSSR count). The summed E-state index contributed by atoms with van der Waals surface area (Å²) in [5.74, 6) is 0.776. The van der Waals surface area contributed by atoms with E-state index in [4.69, 9.17) is 38.7 Å². The Labute approximate surface area is 183 Å². The van der Waals surface area contributed by atoms with Crippen LogP contribution in [0.2, 0.25) is 10.0 Å². The van der Waals surface area contributed by atoms with Gasteiger partial charge in [-0.25, -0.2) is 9.78 Å². The number of aromatic nitrogens is 3. The smallest absolute Gasteiger partial charge is 0.406 e. The highest BCUT2D eigenvalue weighted by atomic mass is 35.5. The summed E-state index contributed by atoms with van der Waals surface area (Å²) < 4.78 is 7.37. The van der Waals surface area contributed by atoms with Crippen LogP contribution in [-0.2, 0) is 11.3 Å². The highest BCUT2D eigenvalue weighted by molar-refractivity contribution is 7.99. The Kier molecular flexibility index (Phi) is 7.05. The zero-order chi connectivity index (χ0) is 21.0. The van der Waals surface area contributed by atoms with Crippen molar-refractivity contribution >= 4 is 41.1 Å². The Balaban J connectivity index is 2.00. The van der Waals surface area contributed by atoms with Crippen LogP contribution in [0.3, 0.4) is 0 Å². The van der Waals surface area contributed by atoms with Crippen molar-refractivity contribution in [2.75, 3.05) is 0 Å². The molecule has 2 aromatic heterocycles. The molecular formula is C20H20Cl2N4O2S. The molecule has 3 aromatic rings. The number of benzene rings is 1. The summed E-state index contributed by atoms with van der Waals surface area (Å²) in [6.07, 6.45) is 4.54. The molecule has 9 heteroatoms. The average molecular weight is 451 g/mol. The number of ether oxygens (including phenoxy) is 1. The molecule has 0 aliphatic rings. The Morgan fingerprint density at radius 3 is 2.45 bits per heavy atom. The average Bonchev–Trinajstić information content (AvgIpc) is 3.05. The lowest BCUT2D eigenvalue weighted by atomic mass is 10.2. The maximum absolute atomic E-state index is 11.6. The van der Waals surface area contributed by atoms with E-state index in [9.17, 15) is 4.79 Å². The van der Waals surface area contributed by atoms with Crippen LogP contribution in [0.4, 0.5) is 4.79 Å². The second-order valence-corrected chi connectivity index (χ2v) is 8.66. The number of pyridine rings is 1. The number of rotatable bonds is 7. The third-order valence-electron chi connectivity index (χ3n) is 4.03. The van der Waals surface area contributed by atoms with Gasteiger partial charge in [-0.05, 0) is 41.8 Å². The molecule has 0 saturated heterocycles. The number of carbonyl (C=O) groups is 1. The van der Waals surface area contributed by atoms with Crippen molar-refractivity contribution in [2.45, 2.75) is 36.6 Å². The Morgan fingerprint density at radius 2 is 1.86 bits per heavy atom. The van der Waals surface area contributed by atoms with E-state index in [2.05, 4.69) is 18.8 Å². The van der Waals surface area contributed by atoms with Crippen molar-refractivity contribution in [3.8, 4) is 0 Å². The van der Waals surface area contributed by atoms with Crippen LogP contribution in [-0.4, -0.2) is 20.6 Å². The van der Waals surface area contributed by atoms with Crippen LogP contribution in [0.1, 0.15) is 42.3 Å². The number of imidazole rings is 1. The van der Waals surface area contributed by atoms with Gasteiger partial charge in [-0.15, -0.1) is 0 Å². The molecule has 0 bridgehead atoms. The summed E-state index contributed by atoms with van der Waals surface area (Å²) in [4.78, 5) is 21.1. The summed E-state index contributed by atoms with van der Waals surface area (Å²) in [5.41, 5.74) is 6.50. The van der Waals surface area contributed by atoms with E-state index >= 15 is 0 Å². The molecular weight excluding hydrogens is 431 g/mol. The van der Waals surface area contributed by atoms with Gasteiger partial charge in [0.05, 0.1) is 5.69 Å². The summed E-state index contributed by atoms with van der Waals surface area (Å²) in [5, 5.41) is 0.974. The van der Waals surface area contributed by atoms with Crippen LogP contribution >= 0.6 is 35.0 Å². The van der Waals surface area contributed by atoms with Gasteiger partial charge in [0, 0.05) is 40.1 Å². The minimum Gasteiger partial charge on any atom is -0.427 e. The van der Waals surface area contributed by atoms with Gasteiger partial charge < -0.3 is 15.0 Å². The lowest BCUT2D eigenvalue weighted by molar-refractivity contribution is 0.141. The minimum absolute atomic E-state index is 0.201. The highest BCUT2D eigenvalue weighted by Crippen LogP contribution is 2.38. The van der Waals surface area contributed by atoms with Gasteiger partial charge in [-0.2, -0.15) is 0 Å². The quantitative estimate of drug-likeness (QED) is 0.371. The number of halogens is 2. The van der Waals surface area contributed by atoms with Crippen LogP contribution in [0.25, 0.3) is 0 Å². The number of thioether (sulfide) groups is 1. The SMILES string of the molecule is CC(C)c1cn(Cc2ccncc2)c(C(OC(N)=O)Sc2cc(Cl)cc(Cl)c2)n1. The molecule has 2 N–H and O–H groups in total. The fourth-order valence-corrected chi connectivity index (χ4v) is 4.41. The second kappa shape index (κ2) is 9.52. The Bertz CT molecular complexity index is 975. The zero-order valence-corrected chi connectivity index (χ0v) is 18.2. The molecule has 1 unspecified atom stereocenters. The predicted molar refractivity (Wildman–Crippen MR) is 115 cm³/mol. The largest absolute Gasteiger partial charge is 0.427 e. The number of hydrogen-bond donors (Lipinski definition) is 1. The van der Waals surface area contributed by atoms with Gasteiger partial charge in [-0.1, -0.05) is 48.8 Å². The minimum atomic E-state index is -0.889. The highest BCUT2D eigenvalue weighted by Gasteiger charge is 2.25. The van der Waals surface area contributed by atoms with E-state index in [1.807, 2.05) is 22.9 Å². The molecule has 29 heavy (non-hydrogen) atoms. The number of primary amides is 1. The van der Waals surface area contributed by atoms with Crippen molar-refractivity contribution in [3.63, 3.8) is 0 Å². The van der Waals surface area contributed by atoms with E-state index in [-0.39, 0.29) is 5.92 Å². The molecule has 1 aromatic carbocycles. The first-order valence-corrected chi connectivity index (χ1v) is 10.5. The summed E-state index contributed by atoms with van der Waals surface area (Å²) in [7, 11) is 0. The molecule has 0 saturated carbocycles. The van der Waals surface area contributed by atoms with Crippen LogP contribution in [0, 0.1) is 0 Å². The molecule has 0 spiro atoms. The molecule has 152 valence electrons. The molecule has 1 amide bonds. The molecule has 0 aliphatic carbocycles. The first kappa shape index (κ1) is 21.5. The maximum atomic E-state index is 11.6. The van der Waals surface area contributed by atoms with Gasteiger partial charge >= 0.3 is 6.09 Å². The van der Waals surface area contributed by atoms with E-state index in [0.29, 0.717) is 22.4 Å². The van der Waals surface area contributed by atoms with E-state index in [1.54, 1.807) is 30.6 Å². The first-order valence-electron chi connectivity index (χ1n) is 8.86. The molecule has 6 nitrogen and oxygen atoms in total. The van der Waals surface area contributed by atoms with Gasteiger partial charge in [0.15, 0.2) is 5.82 Å². The van der Waals surface area contributed by atoms with Crippen molar-refractivity contribution in [3.05, 3.63) is 76.0 Å². The van der Waals surface area contributed by atoms with Crippen molar-refractivity contribution in [2.24, 2.45) is 5.73 Å². The fourth-order valence-electron chi connectivity index (χ4n) is 2.68. The Hall–Kier alpha value is -2.22. The summed E-state index contributed by atoms with van der Waals surface area (Å²) in [6, 6.07) is 8.97. The molecule has 0 aliphatic heterocycles. The maximum Gasteiger partial charge on any atom is 0.406 e. The standard InChI is InChI=1S/C20H20Cl2N4O2S/c1-12(2)17-11-26(10-13-3-5-24-6-4-13)18(25-17)19(28-20(23)27)29-16-8-14(21)7-15(22)9-16/h3-9,11-12,19H,10H2,1-2H3,(H2,23,27). The number of nitrogens with zero attached hydrogens (tertiary/aromatic N) is 3. The lowest BCUT2D eigenvalue weighted by Crippen LogP contribution is -2.18. The normalized spacial score (nSPS) is 12.2. The number of nitrogens with two attached hydrogens (primary N) is 1. The summed E-state index contributed by atoms with van der Waals surface area (Å²) in [6.45, 7) is 4.65. The van der Waals surface area contributed by atoms with Gasteiger partial charge in [0.1, 0.15) is 0 Å². The lowest BCUT2D eigenvalue weighted by Gasteiger charge is -2.18. The number of carbonyl (C=O) groups excluding carboxylic acids is 1. The van der Waals surface area contributed by atoms with E-state index in [1.165, 1.54) is 11.8 Å². The van der Waals surface area contributed by atoms with Crippen LogP contribution < -0.4 is 5.73 Å². The van der Waals surface area contributed by atoms with Gasteiger partial charge in [-0.3, -0.25) is 4.98 Å². The zero-order valence-electron chi connectivity index (χ0n) is 15.9. The van der Waals surface area contributed by atoms with Crippen molar-refractivity contribution < 1.29 is 9.53 Å². The van der Waals surface area contributed by atoms with Gasteiger partial charge in [0.2, 0.25) is 5.44 Å². The molecule has 0 radical (unpaired) electrons.